The molecule has 2 aliphatic rings. The van der Waals surface area contributed by atoms with Gasteiger partial charge in [-0.15, -0.1) is 0 Å². The minimum absolute atomic E-state index is 0.00442. The highest BCUT2D eigenvalue weighted by molar-refractivity contribution is 5.96. The summed E-state index contributed by atoms with van der Waals surface area (Å²) in [7, 11) is 3.27. The van der Waals surface area contributed by atoms with E-state index in [1.165, 1.54) is 0 Å². The van der Waals surface area contributed by atoms with Crippen LogP contribution in [-0.2, 0) is 4.79 Å². The van der Waals surface area contributed by atoms with Crippen molar-refractivity contribution >= 4 is 23.3 Å². The van der Waals surface area contributed by atoms with E-state index in [0.717, 1.165) is 36.0 Å². The first-order valence-electron chi connectivity index (χ1n) is 10.5. The Balaban J connectivity index is 1.30. The zero-order chi connectivity index (χ0) is 21.8. The lowest BCUT2D eigenvalue weighted by molar-refractivity contribution is -0.131. The van der Waals surface area contributed by atoms with Gasteiger partial charge in [-0.1, -0.05) is 6.07 Å². The van der Waals surface area contributed by atoms with E-state index in [1.54, 1.807) is 24.0 Å². The van der Waals surface area contributed by atoms with Crippen LogP contribution in [0.1, 0.15) is 0 Å². The topological polar surface area (TPSA) is 65.6 Å². The number of ether oxygens (including phenoxy) is 2. The van der Waals surface area contributed by atoms with Crippen molar-refractivity contribution < 1.29 is 19.1 Å². The molecule has 0 unspecified atom stereocenters. The summed E-state index contributed by atoms with van der Waals surface area (Å²) in [5, 5.41) is 0. The number of benzene rings is 2. The van der Waals surface area contributed by atoms with Crippen LogP contribution < -0.4 is 19.3 Å². The van der Waals surface area contributed by atoms with Crippen molar-refractivity contribution in [2.24, 2.45) is 0 Å². The van der Waals surface area contributed by atoms with E-state index in [2.05, 4.69) is 11.0 Å². The van der Waals surface area contributed by atoms with E-state index in [9.17, 15) is 9.59 Å². The predicted molar refractivity (Wildman–Crippen MR) is 119 cm³/mol. The van der Waals surface area contributed by atoms with Crippen molar-refractivity contribution in [2.45, 2.75) is 0 Å². The highest BCUT2D eigenvalue weighted by Crippen LogP contribution is 2.24. The van der Waals surface area contributed by atoms with Gasteiger partial charge in [0.15, 0.2) is 0 Å². The molecule has 2 fully saturated rings. The molecule has 0 saturated carbocycles. The molecule has 0 spiro atoms. The molecule has 2 aliphatic heterocycles. The van der Waals surface area contributed by atoms with Crippen LogP contribution in [0.5, 0.6) is 11.5 Å². The summed E-state index contributed by atoms with van der Waals surface area (Å²) in [5.41, 5.74) is 1.91. The first-order chi connectivity index (χ1) is 15.1. The van der Waals surface area contributed by atoms with Gasteiger partial charge < -0.3 is 24.2 Å². The molecule has 8 nitrogen and oxygen atoms in total. The van der Waals surface area contributed by atoms with Crippen LogP contribution in [0.4, 0.5) is 16.2 Å². The van der Waals surface area contributed by atoms with E-state index < -0.39 is 0 Å². The second-order valence-electron chi connectivity index (χ2n) is 7.62. The Hall–Kier alpha value is -3.42. The molecular weight excluding hydrogens is 396 g/mol. The standard InChI is InChI=1S/C23H28N4O4/c1-30-20-8-6-18(7-9-20)27-15-14-26(23(27)29)17-22(28)25-12-10-24(11-13-25)19-4-3-5-21(16-19)31-2/h3-9,16H,10-15,17H2,1-2H3. The number of piperazine rings is 1. The summed E-state index contributed by atoms with van der Waals surface area (Å²) < 4.78 is 10.5. The van der Waals surface area contributed by atoms with Gasteiger partial charge in [0, 0.05) is 56.7 Å². The molecule has 0 bridgehead atoms. The second kappa shape index (κ2) is 9.16. The average Bonchev–Trinajstić information content (AvgIpc) is 3.19. The number of carbonyl (C=O) groups is 2. The lowest BCUT2D eigenvalue weighted by Gasteiger charge is -2.36. The van der Waals surface area contributed by atoms with Crippen LogP contribution in [0.15, 0.2) is 48.5 Å². The Morgan fingerprint density at radius 3 is 2.23 bits per heavy atom. The highest BCUT2D eigenvalue weighted by atomic mass is 16.5. The maximum atomic E-state index is 12.8. The van der Waals surface area contributed by atoms with Gasteiger partial charge in [0.1, 0.15) is 18.0 Å². The van der Waals surface area contributed by atoms with Gasteiger partial charge in [-0.05, 0) is 36.4 Å². The number of nitrogens with zero attached hydrogens (tertiary/aromatic N) is 4. The molecule has 0 atom stereocenters. The van der Waals surface area contributed by atoms with Gasteiger partial charge in [0.05, 0.1) is 14.2 Å². The van der Waals surface area contributed by atoms with Gasteiger partial charge >= 0.3 is 6.03 Å². The van der Waals surface area contributed by atoms with Crippen LogP contribution >= 0.6 is 0 Å². The average molecular weight is 425 g/mol. The third kappa shape index (κ3) is 4.52. The minimum Gasteiger partial charge on any atom is -0.497 e. The molecule has 2 aromatic carbocycles. The first-order valence-corrected chi connectivity index (χ1v) is 10.5. The van der Waals surface area contributed by atoms with E-state index in [-0.39, 0.29) is 18.5 Å². The second-order valence-corrected chi connectivity index (χ2v) is 7.62. The van der Waals surface area contributed by atoms with Gasteiger partial charge in [-0.2, -0.15) is 0 Å². The number of carbonyl (C=O) groups excluding carboxylic acids is 2. The fourth-order valence-electron chi connectivity index (χ4n) is 4.02. The number of amides is 3. The van der Waals surface area contributed by atoms with Crippen molar-refractivity contribution in [1.82, 2.24) is 9.80 Å². The molecule has 0 N–H and O–H groups in total. The molecule has 3 amide bonds. The van der Waals surface area contributed by atoms with Crippen LogP contribution in [-0.4, -0.2) is 81.8 Å². The summed E-state index contributed by atoms with van der Waals surface area (Å²) >= 11 is 0. The Bertz CT molecular complexity index is 925. The molecule has 0 radical (unpaired) electrons. The fraction of sp³-hybridized carbons (Fsp3) is 0.391. The summed E-state index contributed by atoms with van der Waals surface area (Å²) in [4.78, 5) is 33.1. The van der Waals surface area contributed by atoms with Gasteiger partial charge in [0.2, 0.25) is 5.91 Å². The number of hydrogen-bond donors (Lipinski definition) is 0. The highest BCUT2D eigenvalue weighted by Gasteiger charge is 2.32. The van der Waals surface area contributed by atoms with Crippen LogP contribution in [0.2, 0.25) is 0 Å². The Labute approximate surface area is 182 Å². The molecule has 0 aliphatic carbocycles. The quantitative estimate of drug-likeness (QED) is 0.712. The monoisotopic (exact) mass is 424 g/mol. The number of methoxy groups -OCH3 is 2. The lowest BCUT2D eigenvalue weighted by Crippen LogP contribution is -2.51. The third-order valence-corrected chi connectivity index (χ3v) is 5.86. The number of urea groups is 1. The van der Waals surface area contributed by atoms with Crippen molar-refractivity contribution in [3.8, 4) is 11.5 Å². The van der Waals surface area contributed by atoms with Crippen molar-refractivity contribution in [2.75, 3.05) is 69.8 Å². The molecule has 2 aromatic rings. The third-order valence-electron chi connectivity index (χ3n) is 5.86. The number of hydrogen-bond acceptors (Lipinski definition) is 5. The molecule has 8 heteroatoms. The predicted octanol–water partition coefficient (Wildman–Crippen LogP) is 2.29. The SMILES string of the molecule is COc1ccc(N2CCN(CC(=O)N3CCN(c4cccc(OC)c4)CC3)C2=O)cc1. The summed E-state index contributed by atoms with van der Waals surface area (Å²) in [6, 6.07) is 15.2. The largest absolute Gasteiger partial charge is 0.497 e. The molecular formula is C23H28N4O4. The van der Waals surface area contributed by atoms with Gasteiger partial charge in [0.25, 0.3) is 0 Å². The Morgan fingerprint density at radius 1 is 0.839 bits per heavy atom. The van der Waals surface area contributed by atoms with Gasteiger partial charge in [-0.25, -0.2) is 4.79 Å². The van der Waals surface area contributed by atoms with Gasteiger partial charge in [-0.3, -0.25) is 9.69 Å². The molecule has 2 heterocycles. The van der Waals surface area contributed by atoms with E-state index in [0.29, 0.717) is 26.2 Å². The zero-order valence-electron chi connectivity index (χ0n) is 18.0. The summed E-state index contributed by atoms with van der Waals surface area (Å²) in [6.45, 7) is 4.02. The number of anilines is 2. The van der Waals surface area contributed by atoms with Crippen molar-refractivity contribution in [3.63, 3.8) is 0 Å². The fourth-order valence-corrected chi connectivity index (χ4v) is 4.02. The zero-order valence-corrected chi connectivity index (χ0v) is 18.0. The summed E-state index contributed by atoms with van der Waals surface area (Å²) in [5.74, 6) is 1.57. The van der Waals surface area contributed by atoms with E-state index >= 15 is 0 Å². The molecule has 2 saturated heterocycles. The maximum Gasteiger partial charge on any atom is 0.325 e. The molecule has 0 aromatic heterocycles. The lowest BCUT2D eigenvalue weighted by atomic mass is 10.2. The maximum absolute atomic E-state index is 12.8. The van der Waals surface area contributed by atoms with Crippen molar-refractivity contribution in [1.29, 1.82) is 0 Å². The minimum atomic E-state index is -0.131. The Morgan fingerprint density at radius 2 is 1.55 bits per heavy atom. The van der Waals surface area contributed by atoms with Crippen LogP contribution in [0, 0.1) is 0 Å². The Kier molecular flexibility index (Phi) is 6.16. The van der Waals surface area contributed by atoms with E-state index in [4.69, 9.17) is 9.47 Å². The molecule has 31 heavy (non-hydrogen) atoms. The van der Waals surface area contributed by atoms with Crippen molar-refractivity contribution in [3.05, 3.63) is 48.5 Å². The smallest absolute Gasteiger partial charge is 0.325 e. The molecule has 164 valence electrons. The van der Waals surface area contributed by atoms with Crippen LogP contribution in [0.3, 0.4) is 0 Å². The van der Waals surface area contributed by atoms with Crippen LogP contribution in [0.25, 0.3) is 0 Å². The van der Waals surface area contributed by atoms with E-state index in [1.807, 2.05) is 47.4 Å². The first kappa shape index (κ1) is 20.8. The summed E-state index contributed by atoms with van der Waals surface area (Å²) in [6.07, 6.45) is 0. The number of rotatable bonds is 6. The molecule has 4 rings (SSSR count). The normalized spacial score (nSPS) is 16.6.